The molecule has 0 radical (unpaired) electrons. The number of nitrogens with zero attached hydrogens (tertiary/aromatic N) is 2. The summed E-state index contributed by atoms with van der Waals surface area (Å²) in [7, 11) is 0. The van der Waals surface area contributed by atoms with Crippen molar-refractivity contribution in [3.8, 4) is 34.0 Å². The van der Waals surface area contributed by atoms with E-state index in [0.29, 0.717) is 41.2 Å². The summed E-state index contributed by atoms with van der Waals surface area (Å²) < 4.78 is 13.2. The predicted octanol–water partition coefficient (Wildman–Crippen LogP) is 4.64. The Labute approximate surface area is 189 Å². The zero-order valence-corrected chi connectivity index (χ0v) is 17.5. The second-order valence-corrected chi connectivity index (χ2v) is 7.96. The molecule has 4 aromatic rings. The maximum absolute atomic E-state index is 13.2. The smallest absolute Gasteiger partial charge is 0.230 e. The minimum atomic E-state index is -0.358. The molecular formula is C26H20FN3O3. The van der Waals surface area contributed by atoms with Gasteiger partial charge in [-0.15, -0.1) is 0 Å². The molecule has 0 bridgehead atoms. The lowest BCUT2D eigenvalue weighted by molar-refractivity contribution is -0.115. The van der Waals surface area contributed by atoms with Gasteiger partial charge in [-0.1, -0.05) is 12.1 Å². The highest BCUT2D eigenvalue weighted by Crippen LogP contribution is 2.37. The van der Waals surface area contributed by atoms with Crippen molar-refractivity contribution < 1.29 is 19.4 Å². The van der Waals surface area contributed by atoms with Gasteiger partial charge in [0.05, 0.1) is 17.8 Å². The molecule has 164 valence electrons. The summed E-state index contributed by atoms with van der Waals surface area (Å²) in [4.78, 5) is 22.4. The van der Waals surface area contributed by atoms with Crippen molar-refractivity contribution in [3.63, 3.8) is 0 Å². The molecule has 0 saturated heterocycles. The lowest BCUT2D eigenvalue weighted by Gasteiger charge is -2.21. The topological polar surface area (TPSA) is 95.3 Å². The van der Waals surface area contributed by atoms with E-state index in [1.807, 2.05) is 6.07 Å². The van der Waals surface area contributed by atoms with Gasteiger partial charge in [0.25, 0.3) is 0 Å². The van der Waals surface area contributed by atoms with Crippen LogP contribution in [-0.2, 0) is 24.1 Å². The second kappa shape index (κ2) is 8.35. The average molecular weight is 441 g/mol. The van der Waals surface area contributed by atoms with Gasteiger partial charge in [0.1, 0.15) is 23.0 Å². The number of carbonyl (C=O) groups is 1. The number of hydrogen-bond donors (Lipinski definition) is 3. The predicted molar refractivity (Wildman–Crippen MR) is 122 cm³/mol. The number of phenols is 2. The summed E-state index contributed by atoms with van der Waals surface area (Å²) in [6.45, 7) is 0. The van der Waals surface area contributed by atoms with Crippen molar-refractivity contribution in [2.24, 2.45) is 0 Å². The van der Waals surface area contributed by atoms with Gasteiger partial charge in [-0.2, -0.15) is 0 Å². The number of benzene rings is 3. The van der Waals surface area contributed by atoms with Crippen LogP contribution in [0.1, 0.15) is 16.8 Å². The first kappa shape index (κ1) is 20.6. The van der Waals surface area contributed by atoms with Gasteiger partial charge in [0.2, 0.25) is 5.91 Å². The second-order valence-electron chi connectivity index (χ2n) is 7.96. The molecule has 33 heavy (non-hydrogen) atoms. The Morgan fingerprint density at radius 2 is 1.61 bits per heavy atom. The van der Waals surface area contributed by atoms with Crippen LogP contribution in [0.5, 0.6) is 11.5 Å². The number of carbonyl (C=O) groups excluding carboxylic acids is 1. The Morgan fingerprint density at radius 1 is 0.879 bits per heavy atom. The fourth-order valence-corrected chi connectivity index (χ4v) is 4.00. The largest absolute Gasteiger partial charge is 0.508 e. The molecule has 1 aliphatic carbocycles. The Kier molecular flexibility index (Phi) is 5.22. The van der Waals surface area contributed by atoms with Crippen molar-refractivity contribution in [2.45, 2.75) is 19.3 Å². The number of amides is 1. The number of rotatable bonds is 4. The van der Waals surface area contributed by atoms with Gasteiger partial charge in [0.15, 0.2) is 5.82 Å². The minimum Gasteiger partial charge on any atom is -0.508 e. The van der Waals surface area contributed by atoms with Crippen molar-refractivity contribution in [1.29, 1.82) is 0 Å². The van der Waals surface area contributed by atoms with Gasteiger partial charge < -0.3 is 15.5 Å². The van der Waals surface area contributed by atoms with E-state index in [1.165, 1.54) is 12.1 Å². The summed E-state index contributed by atoms with van der Waals surface area (Å²) in [6, 6.07) is 17.5. The molecule has 3 aromatic carbocycles. The lowest BCUT2D eigenvalue weighted by atomic mass is 9.91. The number of aromatic nitrogens is 2. The van der Waals surface area contributed by atoms with Crippen molar-refractivity contribution in [2.75, 3.05) is 5.32 Å². The number of anilines is 1. The van der Waals surface area contributed by atoms with Gasteiger partial charge in [-0.3, -0.25) is 4.79 Å². The van der Waals surface area contributed by atoms with Crippen LogP contribution < -0.4 is 5.32 Å². The number of hydrogen-bond acceptors (Lipinski definition) is 5. The molecular weight excluding hydrogens is 421 g/mol. The van der Waals surface area contributed by atoms with Crippen LogP contribution in [0.15, 0.2) is 66.7 Å². The van der Waals surface area contributed by atoms with Crippen LogP contribution >= 0.6 is 0 Å². The molecule has 0 fully saturated rings. The van der Waals surface area contributed by atoms with Crippen LogP contribution in [0, 0.1) is 5.82 Å². The fraction of sp³-hybridized carbons (Fsp3) is 0.115. The highest BCUT2D eigenvalue weighted by Gasteiger charge is 2.23. The molecule has 7 heteroatoms. The molecule has 1 heterocycles. The lowest BCUT2D eigenvalue weighted by Crippen LogP contribution is -2.18. The van der Waals surface area contributed by atoms with Crippen molar-refractivity contribution in [1.82, 2.24) is 9.97 Å². The molecule has 1 aromatic heterocycles. The molecule has 0 spiro atoms. The summed E-state index contributed by atoms with van der Waals surface area (Å²) in [6.07, 6.45) is 1.39. The zero-order chi connectivity index (χ0) is 22.9. The molecule has 0 saturated carbocycles. The molecule has 0 atom stereocenters. The van der Waals surface area contributed by atoms with E-state index in [1.54, 1.807) is 48.5 Å². The summed E-state index contributed by atoms with van der Waals surface area (Å²) >= 11 is 0. The highest BCUT2D eigenvalue weighted by atomic mass is 19.1. The Balaban J connectivity index is 1.55. The third kappa shape index (κ3) is 4.25. The molecule has 5 rings (SSSR count). The third-order valence-electron chi connectivity index (χ3n) is 5.62. The molecule has 0 unspecified atom stereocenters. The van der Waals surface area contributed by atoms with Gasteiger partial charge >= 0.3 is 0 Å². The van der Waals surface area contributed by atoms with Crippen molar-refractivity contribution >= 4 is 11.7 Å². The van der Waals surface area contributed by atoms with E-state index < -0.39 is 0 Å². The van der Waals surface area contributed by atoms with E-state index >= 15 is 0 Å². The fourth-order valence-electron chi connectivity index (χ4n) is 4.00. The van der Waals surface area contributed by atoms with Crippen LogP contribution in [0.2, 0.25) is 0 Å². The molecule has 6 nitrogen and oxygen atoms in total. The number of phenolic OH excluding ortho intramolecular Hbond substituents is 2. The van der Waals surface area contributed by atoms with E-state index in [0.717, 1.165) is 16.8 Å². The van der Waals surface area contributed by atoms with E-state index in [2.05, 4.69) is 5.32 Å². The van der Waals surface area contributed by atoms with E-state index in [4.69, 9.17) is 9.97 Å². The Morgan fingerprint density at radius 3 is 2.36 bits per heavy atom. The van der Waals surface area contributed by atoms with Gasteiger partial charge in [-0.25, -0.2) is 14.4 Å². The first-order valence-electron chi connectivity index (χ1n) is 10.5. The molecule has 1 aliphatic rings. The van der Waals surface area contributed by atoms with E-state index in [9.17, 15) is 19.4 Å². The number of nitrogens with one attached hydrogen (secondary N) is 1. The standard InChI is InChI=1S/C26H20FN3O3/c27-18-6-1-15(2-7-18)13-23(33)29-26-24(16-3-8-19(31)9-4-16)30-25-21-11-10-20(32)14-17(21)5-12-22(25)28-26/h1-4,6-11,14,31-32H,5,12-13H2,(H,28,29,33). The van der Waals surface area contributed by atoms with Crippen molar-refractivity contribution in [3.05, 3.63) is 89.4 Å². The number of aryl methyl sites for hydroxylation is 2. The summed E-state index contributed by atoms with van der Waals surface area (Å²) in [5.41, 5.74) is 5.18. The van der Waals surface area contributed by atoms with E-state index in [-0.39, 0.29) is 29.6 Å². The van der Waals surface area contributed by atoms with Crippen LogP contribution in [0.4, 0.5) is 10.2 Å². The third-order valence-corrected chi connectivity index (χ3v) is 5.62. The number of aromatic hydroxyl groups is 2. The summed E-state index contributed by atoms with van der Waals surface area (Å²) in [5, 5.41) is 22.4. The van der Waals surface area contributed by atoms with Crippen LogP contribution in [0.3, 0.4) is 0 Å². The maximum Gasteiger partial charge on any atom is 0.230 e. The first-order chi connectivity index (χ1) is 16.0. The normalized spacial score (nSPS) is 12.0. The van der Waals surface area contributed by atoms with Crippen LogP contribution in [-0.4, -0.2) is 26.1 Å². The monoisotopic (exact) mass is 441 g/mol. The molecule has 3 N–H and O–H groups in total. The SMILES string of the molecule is O=C(Cc1ccc(F)cc1)Nc1nc2c(nc1-c1ccc(O)cc1)-c1ccc(O)cc1CC2. The highest BCUT2D eigenvalue weighted by molar-refractivity contribution is 5.95. The number of fused-ring (bicyclic) bond motifs is 3. The average Bonchev–Trinajstić information content (AvgIpc) is 2.80. The Hall–Kier alpha value is -4.26. The minimum absolute atomic E-state index is 0.0656. The zero-order valence-electron chi connectivity index (χ0n) is 17.5. The van der Waals surface area contributed by atoms with Crippen LogP contribution in [0.25, 0.3) is 22.5 Å². The first-order valence-corrected chi connectivity index (χ1v) is 10.5. The molecule has 0 aliphatic heterocycles. The number of halogens is 1. The summed E-state index contributed by atoms with van der Waals surface area (Å²) in [5.74, 6) is -0.00490. The molecule has 1 amide bonds. The maximum atomic E-state index is 13.2. The Bertz CT molecular complexity index is 1350. The van der Waals surface area contributed by atoms with Gasteiger partial charge in [0, 0.05) is 11.1 Å². The van der Waals surface area contributed by atoms with Gasteiger partial charge in [-0.05, 0) is 78.6 Å². The quantitative estimate of drug-likeness (QED) is 0.429.